The molecular formula is C10H15N3O. The van der Waals surface area contributed by atoms with E-state index < -0.39 is 5.60 Å². The lowest BCUT2D eigenvalue weighted by Gasteiger charge is -2.35. The van der Waals surface area contributed by atoms with Crippen LogP contribution >= 0.6 is 0 Å². The molecule has 0 unspecified atom stereocenters. The van der Waals surface area contributed by atoms with Crippen molar-refractivity contribution in [3.8, 4) is 0 Å². The number of piperidine rings is 1. The topological polar surface area (TPSA) is 49.2 Å². The summed E-state index contributed by atoms with van der Waals surface area (Å²) in [5, 5.41) is 10.3. The van der Waals surface area contributed by atoms with Gasteiger partial charge in [0.1, 0.15) is 5.60 Å². The normalized spacial score (nSPS) is 22.1. The molecule has 1 fully saturated rings. The SMILES string of the molecule is CN1CCC(O)(c2ncccn2)CC1. The molecule has 14 heavy (non-hydrogen) atoms. The smallest absolute Gasteiger partial charge is 0.160 e. The van der Waals surface area contributed by atoms with Crippen LogP contribution in [0, 0.1) is 0 Å². The first-order chi connectivity index (χ1) is 6.71. The number of nitrogens with zero attached hydrogens (tertiary/aromatic N) is 3. The van der Waals surface area contributed by atoms with Crippen molar-refractivity contribution in [3.63, 3.8) is 0 Å². The molecule has 0 aromatic carbocycles. The van der Waals surface area contributed by atoms with Gasteiger partial charge in [0, 0.05) is 25.5 Å². The zero-order chi connectivity index (χ0) is 10.0. The quantitative estimate of drug-likeness (QED) is 0.701. The maximum absolute atomic E-state index is 10.3. The molecule has 2 heterocycles. The lowest BCUT2D eigenvalue weighted by molar-refractivity contribution is -0.0277. The summed E-state index contributed by atoms with van der Waals surface area (Å²) in [7, 11) is 2.06. The van der Waals surface area contributed by atoms with Gasteiger partial charge in [-0.15, -0.1) is 0 Å². The third kappa shape index (κ3) is 1.76. The Morgan fingerprint density at radius 1 is 1.29 bits per heavy atom. The largest absolute Gasteiger partial charge is 0.382 e. The number of aromatic nitrogens is 2. The van der Waals surface area contributed by atoms with Crippen molar-refractivity contribution >= 4 is 0 Å². The van der Waals surface area contributed by atoms with Gasteiger partial charge in [0.2, 0.25) is 0 Å². The summed E-state index contributed by atoms with van der Waals surface area (Å²) in [6.45, 7) is 1.80. The summed E-state index contributed by atoms with van der Waals surface area (Å²) >= 11 is 0. The predicted octanol–water partition coefficient (Wildman–Crippen LogP) is 0.390. The number of hydrogen-bond acceptors (Lipinski definition) is 4. The minimum absolute atomic E-state index is 0.563. The second kappa shape index (κ2) is 3.63. The third-order valence-electron chi connectivity index (χ3n) is 2.80. The number of rotatable bonds is 1. The molecule has 1 aromatic rings. The Morgan fingerprint density at radius 2 is 1.86 bits per heavy atom. The van der Waals surface area contributed by atoms with Crippen LogP contribution < -0.4 is 0 Å². The Hall–Kier alpha value is -1.00. The van der Waals surface area contributed by atoms with Crippen LogP contribution in [0.1, 0.15) is 18.7 Å². The first kappa shape index (κ1) is 9.55. The maximum atomic E-state index is 10.3. The van der Waals surface area contributed by atoms with Crippen molar-refractivity contribution < 1.29 is 5.11 Å². The fourth-order valence-corrected chi connectivity index (χ4v) is 1.75. The molecule has 0 atom stereocenters. The average Bonchev–Trinajstić information content (AvgIpc) is 2.24. The molecular weight excluding hydrogens is 178 g/mol. The van der Waals surface area contributed by atoms with E-state index in [-0.39, 0.29) is 0 Å². The van der Waals surface area contributed by atoms with Crippen molar-refractivity contribution in [3.05, 3.63) is 24.3 Å². The Kier molecular flexibility index (Phi) is 2.48. The van der Waals surface area contributed by atoms with E-state index in [0.29, 0.717) is 18.7 Å². The molecule has 1 aliphatic heterocycles. The Labute approximate surface area is 83.6 Å². The van der Waals surface area contributed by atoms with Crippen LogP contribution in [0.4, 0.5) is 0 Å². The Morgan fingerprint density at radius 3 is 2.43 bits per heavy atom. The van der Waals surface area contributed by atoms with E-state index in [0.717, 1.165) is 13.1 Å². The molecule has 4 heteroatoms. The van der Waals surface area contributed by atoms with Gasteiger partial charge in [-0.25, -0.2) is 9.97 Å². The summed E-state index contributed by atoms with van der Waals surface area (Å²) in [5.41, 5.74) is -0.812. The monoisotopic (exact) mass is 193 g/mol. The van der Waals surface area contributed by atoms with Crippen LogP contribution in [0.15, 0.2) is 18.5 Å². The first-order valence-corrected chi connectivity index (χ1v) is 4.89. The van der Waals surface area contributed by atoms with E-state index in [1.807, 2.05) is 0 Å². The summed E-state index contributed by atoms with van der Waals surface area (Å²) in [4.78, 5) is 10.4. The average molecular weight is 193 g/mol. The molecule has 0 amide bonds. The van der Waals surface area contributed by atoms with Crippen LogP contribution in [0.3, 0.4) is 0 Å². The lowest BCUT2D eigenvalue weighted by atomic mass is 9.91. The van der Waals surface area contributed by atoms with E-state index in [2.05, 4.69) is 21.9 Å². The van der Waals surface area contributed by atoms with Gasteiger partial charge in [-0.2, -0.15) is 0 Å². The Bertz CT molecular complexity index is 293. The minimum Gasteiger partial charge on any atom is -0.382 e. The molecule has 0 radical (unpaired) electrons. The second-order valence-corrected chi connectivity index (χ2v) is 3.91. The summed E-state index contributed by atoms with van der Waals surface area (Å²) in [6, 6.07) is 1.77. The van der Waals surface area contributed by atoms with E-state index in [1.54, 1.807) is 18.5 Å². The van der Waals surface area contributed by atoms with Crippen molar-refractivity contribution in [1.29, 1.82) is 0 Å². The zero-order valence-corrected chi connectivity index (χ0v) is 8.35. The number of hydrogen-bond donors (Lipinski definition) is 1. The van der Waals surface area contributed by atoms with Crippen molar-refractivity contribution in [2.24, 2.45) is 0 Å². The van der Waals surface area contributed by atoms with Crippen LogP contribution in [0.5, 0.6) is 0 Å². The molecule has 1 aromatic heterocycles. The van der Waals surface area contributed by atoms with Gasteiger partial charge in [0.25, 0.3) is 0 Å². The maximum Gasteiger partial charge on any atom is 0.160 e. The fourth-order valence-electron chi connectivity index (χ4n) is 1.75. The van der Waals surface area contributed by atoms with E-state index in [4.69, 9.17) is 0 Å². The highest BCUT2D eigenvalue weighted by Gasteiger charge is 2.35. The van der Waals surface area contributed by atoms with Crippen LogP contribution in [0.25, 0.3) is 0 Å². The zero-order valence-electron chi connectivity index (χ0n) is 8.35. The predicted molar refractivity (Wildman–Crippen MR) is 52.7 cm³/mol. The summed E-state index contributed by atoms with van der Waals surface area (Å²) in [5.74, 6) is 0.563. The molecule has 1 N–H and O–H groups in total. The van der Waals surface area contributed by atoms with Gasteiger partial charge in [-0.3, -0.25) is 0 Å². The number of likely N-dealkylation sites (tertiary alicyclic amines) is 1. The van der Waals surface area contributed by atoms with Gasteiger partial charge < -0.3 is 10.0 Å². The van der Waals surface area contributed by atoms with Gasteiger partial charge in [0.15, 0.2) is 5.82 Å². The highest BCUT2D eigenvalue weighted by Crippen LogP contribution is 2.29. The van der Waals surface area contributed by atoms with E-state index >= 15 is 0 Å². The molecule has 0 aliphatic carbocycles. The molecule has 0 bridgehead atoms. The standard InChI is InChI=1S/C10H15N3O/c1-13-7-3-10(14,4-8-13)9-11-5-2-6-12-9/h2,5-6,14H,3-4,7-8H2,1H3. The van der Waals surface area contributed by atoms with Crippen LogP contribution in [-0.2, 0) is 5.60 Å². The molecule has 4 nitrogen and oxygen atoms in total. The second-order valence-electron chi connectivity index (χ2n) is 3.91. The highest BCUT2D eigenvalue weighted by molar-refractivity contribution is 5.03. The molecule has 1 aliphatic rings. The Balaban J connectivity index is 2.17. The molecule has 76 valence electrons. The minimum atomic E-state index is -0.812. The lowest BCUT2D eigenvalue weighted by Crippen LogP contribution is -2.41. The van der Waals surface area contributed by atoms with E-state index in [1.165, 1.54) is 0 Å². The molecule has 2 rings (SSSR count). The van der Waals surface area contributed by atoms with E-state index in [9.17, 15) is 5.11 Å². The third-order valence-corrected chi connectivity index (χ3v) is 2.80. The van der Waals surface area contributed by atoms with Crippen LogP contribution in [0.2, 0.25) is 0 Å². The molecule has 1 saturated heterocycles. The summed E-state index contributed by atoms with van der Waals surface area (Å²) in [6.07, 6.45) is 4.79. The van der Waals surface area contributed by atoms with Crippen molar-refractivity contribution in [2.45, 2.75) is 18.4 Å². The summed E-state index contributed by atoms with van der Waals surface area (Å²) < 4.78 is 0. The molecule has 0 spiro atoms. The van der Waals surface area contributed by atoms with Gasteiger partial charge in [-0.1, -0.05) is 0 Å². The van der Waals surface area contributed by atoms with Crippen molar-refractivity contribution in [2.75, 3.05) is 20.1 Å². The molecule has 0 saturated carbocycles. The van der Waals surface area contributed by atoms with Gasteiger partial charge in [0.05, 0.1) is 0 Å². The van der Waals surface area contributed by atoms with Crippen molar-refractivity contribution in [1.82, 2.24) is 14.9 Å². The van der Waals surface area contributed by atoms with Gasteiger partial charge >= 0.3 is 0 Å². The van der Waals surface area contributed by atoms with Crippen LogP contribution in [-0.4, -0.2) is 40.1 Å². The fraction of sp³-hybridized carbons (Fsp3) is 0.600. The first-order valence-electron chi connectivity index (χ1n) is 4.89. The number of aliphatic hydroxyl groups is 1. The highest BCUT2D eigenvalue weighted by atomic mass is 16.3. The van der Waals surface area contributed by atoms with Gasteiger partial charge in [-0.05, 0) is 26.0 Å².